The van der Waals surface area contributed by atoms with Gasteiger partial charge in [-0.25, -0.2) is 0 Å². The average Bonchev–Trinajstić information content (AvgIpc) is 2.63. The minimum atomic E-state index is 0.480. The molecule has 3 heteroatoms. The fourth-order valence-electron chi connectivity index (χ4n) is 3.07. The Morgan fingerprint density at radius 1 is 1.29 bits per heavy atom. The Labute approximate surface area is 117 Å². The molecule has 2 rings (SSSR count). The van der Waals surface area contributed by atoms with E-state index in [-0.39, 0.29) is 0 Å². The Morgan fingerprint density at radius 2 is 1.94 bits per heavy atom. The molecule has 1 aromatic rings. The lowest BCUT2D eigenvalue weighted by Gasteiger charge is -2.33. The van der Waals surface area contributed by atoms with Crippen LogP contribution in [0.5, 0.6) is 0 Å². The molecule has 1 aromatic heterocycles. The van der Waals surface area contributed by atoms with Crippen LogP contribution >= 0.6 is 27.3 Å². The summed E-state index contributed by atoms with van der Waals surface area (Å²) in [6, 6.07) is 3.41. The summed E-state index contributed by atoms with van der Waals surface area (Å²) in [5, 5.41) is 5.97. The van der Waals surface area contributed by atoms with Gasteiger partial charge in [-0.3, -0.25) is 0 Å². The third kappa shape index (κ3) is 3.80. The lowest BCUT2D eigenvalue weighted by Crippen LogP contribution is -2.37. The van der Waals surface area contributed by atoms with E-state index in [9.17, 15) is 0 Å². The van der Waals surface area contributed by atoms with E-state index in [1.54, 1.807) is 0 Å². The third-order valence-corrected chi connectivity index (χ3v) is 5.55. The predicted molar refractivity (Wildman–Crippen MR) is 79.5 cm³/mol. The third-order valence-electron chi connectivity index (χ3n) is 3.68. The highest BCUT2D eigenvalue weighted by Gasteiger charge is 2.25. The Kier molecular flexibility index (Phi) is 4.67. The fraction of sp³-hybridized carbons (Fsp3) is 0.714. The van der Waals surface area contributed by atoms with E-state index in [0.717, 1.165) is 11.8 Å². The molecule has 3 atom stereocenters. The van der Waals surface area contributed by atoms with Gasteiger partial charge in [0.15, 0.2) is 0 Å². The fourth-order valence-corrected chi connectivity index (χ4v) is 4.54. The zero-order valence-electron chi connectivity index (χ0n) is 10.9. The number of halogens is 1. The van der Waals surface area contributed by atoms with Gasteiger partial charge in [-0.05, 0) is 60.0 Å². The van der Waals surface area contributed by atoms with Crippen molar-refractivity contribution in [2.45, 2.75) is 52.1 Å². The molecular weight excluding hydrogens is 294 g/mol. The summed E-state index contributed by atoms with van der Waals surface area (Å²) < 4.78 is 1.21. The van der Waals surface area contributed by atoms with Crippen molar-refractivity contribution in [3.8, 4) is 0 Å². The van der Waals surface area contributed by atoms with Crippen molar-refractivity contribution in [3.63, 3.8) is 0 Å². The maximum absolute atomic E-state index is 3.80. The molecular formula is C14H22BrNS. The number of nitrogens with one attached hydrogen (secondary N) is 1. The maximum atomic E-state index is 3.80. The molecule has 0 spiro atoms. The second-order valence-electron chi connectivity index (χ2n) is 5.67. The van der Waals surface area contributed by atoms with E-state index >= 15 is 0 Å². The first kappa shape index (κ1) is 13.6. The molecule has 3 unspecified atom stereocenters. The highest BCUT2D eigenvalue weighted by Crippen LogP contribution is 2.31. The van der Waals surface area contributed by atoms with Crippen LogP contribution in [0.15, 0.2) is 15.9 Å². The Bertz CT molecular complexity index is 353. The average molecular weight is 316 g/mol. The highest BCUT2D eigenvalue weighted by atomic mass is 79.9. The van der Waals surface area contributed by atoms with Crippen LogP contribution < -0.4 is 5.32 Å². The van der Waals surface area contributed by atoms with Crippen molar-refractivity contribution >= 4 is 27.3 Å². The Morgan fingerprint density at radius 3 is 2.47 bits per heavy atom. The van der Waals surface area contributed by atoms with Crippen LogP contribution in [0.25, 0.3) is 0 Å². The van der Waals surface area contributed by atoms with Crippen molar-refractivity contribution in [1.29, 1.82) is 0 Å². The maximum Gasteiger partial charge on any atom is 0.0388 e. The van der Waals surface area contributed by atoms with Gasteiger partial charge in [-0.1, -0.05) is 13.8 Å². The van der Waals surface area contributed by atoms with Crippen LogP contribution in [0.4, 0.5) is 0 Å². The largest absolute Gasteiger partial charge is 0.307 e. The van der Waals surface area contributed by atoms with Crippen LogP contribution in [0, 0.1) is 11.8 Å². The molecule has 1 aliphatic rings. The summed E-state index contributed by atoms with van der Waals surface area (Å²) in [6.45, 7) is 7.05. The van der Waals surface area contributed by atoms with E-state index in [4.69, 9.17) is 0 Å². The first-order valence-electron chi connectivity index (χ1n) is 6.54. The lowest BCUT2D eigenvalue weighted by molar-refractivity contribution is 0.229. The van der Waals surface area contributed by atoms with Gasteiger partial charge in [0.05, 0.1) is 0 Å². The molecule has 1 fully saturated rings. The minimum Gasteiger partial charge on any atom is -0.307 e. The molecule has 1 nitrogen and oxygen atoms in total. The SMILES string of the molecule is CC1CC(C)CC(NC(C)c2cc(Br)cs2)C1. The molecule has 0 amide bonds. The van der Waals surface area contributed by atoms with Crippen LogP contribution in [-0.2, 0) is 0 Å². The van der Waals surface area contributed by atoms with E-state index < -0.39 is 0 Å². The molecule has 0 saturated heterocycles. The summed E-state index contributed by atoms with van der Waals surface area (Å²) >= 11 is 5.37. The van der Waals surface area contributed by atoms with Crippen LogP contribution in [0.1, 0.15) is 51.0 Å². The number of hydrogen-bond acceptors (Lipinski definition) is 2. The van der Waals surface area contributed by atoms with Crippen molar-refractivity contribution in [2.75, 3.05) is 0 Å². The van der Waals surface area contributed by atoms with Crippen LogP contribution in [0.3, 0.4) is 0 Å². The molecule has 0 bridgehead atoms. The highest BCUT2D eigenvalue weighted by molar-refractivity contribution is 9.10. The van der Waals surface area contributed by atoms with Gasteiger partial charge in [0.25, 0.3) is 0 Å². The van der Waals surface area contributed by atoms with Gasteiger partial charge in [0.1, 0.15) is 0 Å². The van der Waals surface area contributed by atoms with Gasteiger partial charge in [0.2, 0.25) is 0 Å². The van der Waals surface area contributed by atoms with Crippen molar-refractivity contribution in [3.05, 3.63) is 20.8 Å². The van der Waals surface area contributed by atoms with E-state index in [0.29, 0.717) is 12.1 Å². The quantitative estimate of drug-likeness (QED) is 0.829. The van der Waals surface area contributed by atoms with E-state index in [1.165, 1.54) is 28.6 Å². The first-order chi connectivity index (χ1) is 8.04. The Hall–Kier alpha value is 0.140. The van der Waals surface area contributed by atoms with E-state index in [2.05, 4.69) is 53.5 Å². The molecule has 96 valence electrons. The number of thiophene rings is 1. The zero-order valence-corrected chi connectivity index (χ0v) is 13.3. The topological polar surface area (TPSA) is 12.0 Å². The second-order valence-corrected chi connectivity index (χ2v) is 7.53. The first-order valence-corrected chi connectivity index (χ1v) is 8.22. The molecule has 17 heavy (non-hydrogen) atoms. The number of rotatable bonds is 3. The summed E-state index contributed by atoms with van der Waals surface area (Å²) in [4.78, 5) is 1.43. The smallest absolute Gasteiger partial charge is 0.0388 e. The standard InChI is InChI=1S/C14H22BrNS/c1-9-4-10(2)6-13(5-9)16-11(3)14-7-12(15)8-17-14/h7-11,13,16H,4-6H2,1-3H3. The predicted octanol–water partition coefficient (Wildman–Crippen LogP) is 4.99. The summed E-state index contributed by atoms with van der Waals surface area (Å²) in [7, 11) is 0. The van der Waals surface area contributed by atoms with Crippen molar-refractivity contribution in [1.82, 2.24) is 5.32 Å². The minimum absolute atomic E-state index is 0.480. The van der Waals surface area contributed by atoms with Crippen LogP contribution in [0.2, 0.25) is 0 Å². The Balaban J connectivity index is 1.92. The summed E-state index contributed by atoms with van der Waals surface area (Å²) in [5.41, 5.74) is 0. The summed E-state index contributed by atoms with van der Waals surface area (Å²) in [5.74, 6) is 1.75. The van der Waals surface area contributed by atoms with E-state index in [1.807, 2.05) is 11.3 Å². The molecule has 0 aliphatic heterocycles. The number of hydrogen-bond donors (Lipinski definition) is 1. The van der Waals surface area contributed by atoms with Crippen molar-refractivity contribution < 1.29 is 0 Å². The lowest BCUT2D eigenvalue weighted by atomic mass is 9.80. The van der Waals surface area contributed by atoms with Crippen LogP contribution in [-0.4, -0.2) is 6.04 Å². The molecule has 1 saturated carbocycles. The van der Waals surface area contributed by atoms with Gasteiger partial charge >= 0.3 is 0 Å². The molecule has 1 N–H and O–H groups in total. The van der Waals surface area contributed by atoms with Gasteiger partial charge < -0.3 is 5.32 Å². The normalized spacial score (nSPS) is 31.4. The molecule has 1 aliphatic carbocycles. The van der Waals surface area contributed by atoms with Gasteiger partial charge in [-0.2, -0.15) is 0 Å². The monoisotopic (exact) mass is 315 g/mol. The molecule has 0 aromatic carbocycles. The second kappa shape index (κ2) is 5.85. The summed E-state index contributed by atoms with van der Waals surface area (Å²) in [6.07, 6.45) is 4.07. The van der Waals surface area contributed by atoms with Crippen molar-refractivity contribution in [2.24, 2.45) is 11.8 Å². The molecule has 0 radical (unpaired) electrons. The molecule has 1 heterocycles. The van der Waals surface area contributed by atoms with Gasteiger partial charge in [-0.15, -0.1) is 11.3 Å². The zero-order chi connectivity index (χ0) is 12.4. The van der Waals surface area contributed by atoms with Gasteiger partial charge in [0, 0.05) is 26.8 Å².